The van der Waals surface area contributed by atoms with Crippen molar-refractivity contribution in [2.75, 3.05) is 23.7 Å². The number of fused-ring (bicyclic) bond motifs is 1. The van der Waals surface area contributed by atoms with E-state index in [0.717, 1.165) is 12.1 Å². The molecule has 0 saturated carbocycles. The van der Waals surface area contributed by atoms with E-state index in [0.29, 0.717) is 35.4 Å². The van der Waals surface area contributed by atoms with Crippen molar-refractivity contribution in [3.63, 3.8) is 0 Å². The lowest BCUT2D eigenvalue weighted by molar-refractivity contribution is -0.0529. The van der Waals surface area contributed by atoms with Crippen LogP contribution in [0.2, 0.25) is 0 Å². The van der Waals surface area contributed by atoms with Crippen LogP contribution in [-0.4, -0.2) is 66.7 Å². The average molecular weight is 637 g/mol. The molecule has 2 aromatic carbocycles. The smallest absolute Gasteiger partial charge is 0.343 e. The van der Waals surface area contributed by atoms with Gasteiger partial charge >= 0.3 is 5.97 Å². The number of carbonyl (C=O) groups is 1. The van der Waals surface area contributed by atoms with Gasteiger partial charge in [-0.25, -0.2) is 37.3 Å². The van der Waals surface area contributed by atoms with Gasteiger partial charge in [-0.3, -0.25) is 4.98 Å². The van der Waals surface area contributed by atoms with Gasteiger partial charge in [-0.15, -0.1) is 0 Å². The van der Waals surface area contributed by atoms with E-state index in [1.54, 1.807) is 27.7 Å². The number of rotatable bonds is 8. The number of ether oxygens (including phenoxy) is 1. The van der Waals surface area contributed by atoms with Crippen LogP contribution < -0.4 is 21.1 Å². The summed E-state index contributed by atoms with van der Waals surface area (Å²) < 4.78 is 64.4. The summed E-state index contributed by atoms with van der Waals surface area (Å²) in [6, 6.07) is 11.0. The number of carbonyl (C=O) groups excluding carboxylic acids is 1. The summed E-state index contributed by atoms with van der Waals surface area (Å²) in [5.41, 5.74) is 12.3. The monoisotopic (exact) mass is 636 g/mol. The molecule has 1 aliphatic heterocycles. The van der Waals surface area contributed by atoms with Gasteiger partial charge in [0.2, 0.25) is 0 Å². The fraction of sp³-hybridized carbons (Fsp3) is 0.258. The molecule has 5 N–H and O–H groups in total. The molecule has 46 heavy (non-hydrogen) atoms. The SMILES string of the molecule is Nc1ncnc2c1ncn2Cc1cc(-c2cc(F)c(OC(=O)c3ccccc3)cc2F)ncc1N1CCC[C@](N)([C@H](O)C(F)F)C1. The lowest BCUT2D eigenvalue weighted by atomic mass is 9.84. The van der Waals surface area contributed by atoms with Crippen LogP contribution in [-0.2, 0) is 6.54 Å². The zero-order chi connectivity index (χ0) is 32.6. The highest BCUT2D eigenvalue weighted by molar-refractivity contribution is 5.91. The van der Waals surface area contributed by atoms with Crippen molar-refractivity contribution < 1.29 is 32.2 Å². The van der Waals surface area contributed by atoms with E-state index in [1.807, 2.05) is 0 Å². The van der Waals surface area contributed by atoms with E-state index in [4.69, 9.17) is 16.2 Å². The molecule has 0 radical (unpaired) electrons. The van der Waals surface area contributed by atoms with Crippen LogP contribution in [0.5, 0.6) is 5.75 Å². The van der Waals surface area contributed by atoms with Crippen molar-refractivity contribution in [2.45, 2.75) is 37.5 Å². The van der Waals surface area contributed by atoms with E-state index in [1.165, 1.54) is 37.1 Å². The molecule has 3 aromatic heterocycles. The van der Waals surface area contributed by atoms with Crippen molar-refractivity contribution >= 4 is 28.6 Å². The quantitative estimate of drug-likeness (QED) is 0.129. The lowest BCUT2D eigenvalue weighted by Crippen LogP contribution is -2.63. The summed E-state index contributed by atoms with van der Waals surface area (Å²) in [6.45, 7) is 0.379. The van der Waals surface area contributed by atoms with Crippen LogP contribution >= 0.6 is 0 Å². The molecule has 4 heterocycles. The maximum absolute atomic E-state index is 15.5. The number of pyridine rings is 1. The fourth-order valence-electron chi connectivity index (χ4n) is 5.59. The summed E-state index contributed by atoms with van der Waals surface area (Å²) in [5.74, 6) is -3.20. The highest BCUT2D eigenvalue weighted by atomic mass is 19.3. The largest absolute Gasteiger partial charge is 0.420 e. The van der Waals surface area contributed by atoms with Crippen molar-refractivity contribution in [2.24, 2.45) is 5.73 Å². The molecule has 6 rings (SSSR count). The Balaban J connectivity index is 1.38. The number of esters is 1. The molecule has 2 atom stereocenters. The number of aliphatic hydroxyl groups excluding tert-OH is 1. The van der Waals surface area contributed by atoms with Crippen LogP contribution in [0.3, 0.4) is 0 Å². The molecular weight excluding hydrogens is 608 g/mol. The third kappa shape index (κ3) is 5.93. The number of nitrogen functional groups attached to an aromatic ring is 1. The lowest BCUT2D eigenvalue weighted by Gasteiger charge is -2.44. The zero-order valence-corrected chi connectivity index (χ0v) is 24.2. The number of aromatic nitrogens is 5. The van der Waals surface area contributed by atoms with Crippen LogP contribution in [0.4, 0.5) is 29.1 Å². The molecule has 0 bridgehead atoms. The van der Waals surface area contributed by atoms with Crippen LogP contribution in [0, 0.1) is 11.6 Å². The number of imidazole rings is 1. The Labute approximate surface area is 259 Å². The minimum atomic E-state index is -3.04. The fourth-order valence-corrected chi connectivity index (χ4v) is 5.59. The van der Waals surface area contributed by atoms with E-state index < -0.39 is 41.4 Å². The number of aliphatic hydroxyl groups is 1. The van der Waals surface area contributed by atoms with Gasteiger partial charge < -0.3 is 30.8 Å². The Morgan fingerprint density at radius 1 is 1.07 bits per heavy atom. The first kappa shape index (κ1) is 30.9. The predicted octanol–water partition coefficient (Wildman–Crippen LogP) is 3.94. The molecule has 1 fully saturated rings. The first-order chi connectivity index (χ1) is 22.0. The van der Waals surface area contributed by atoms with E-state index in [9.17, 15) is 18.7 Å². The molecule has 238 valence electrons. The van der Waals surface area contributed by atoms with Gasteiger partial charge in [-0.2, -0.15) is 0 Å². The summed E-state index contributed by atoms with van der Waals surface area (Å²) in [4.78, 5) is 31.0. The number of halogens is 4. The number of hydrogen-bond donors (Lipinski definition) is 3. The number of anilines is 2. The van der Waals surface area contributed by atoms with Crippen LogP contribution in [0.25, 0.3) is 22.4 Å². The van der Waals surface area contributed by atoms with Gasteiger partial charge in [0.25, 0.3) is 6.43 Å². The third-order valence-electron chi connectivity index (χ3n) is 7.97. The van der Waals surface area contributed by atoms with Crippen molar-refractivity contribution in [1.29, 1.82) is 0 Å². The Hall–Kier alpha value is -5.15. The predicted molar refractivity (Wildman–Crippen MR) is 160 cm³/mol. The van der Waals surface area contributed by atoms with Crippen LogP contribution in [0.15, 0.2) is 67.4 Å². The Kier molecular flexibility index (Phi) is 8.27. The van der Waals surface area contributed by atoms with Crippen molar-refractivity contribution in [1.82, 2.24) is 24.5 Å². The number of nitrogens with two attached hydrogens (primary N) is 2. The van der Waals surface area contributed by atoms with Gasteiger partial charge in [-0.1, -0.05) is 18.2 Å². The van der Waals surface area contributed by atoms with Crippen molar-refractivity contribution in [3.8, 4) is 17.0 Å². The molecular formula is C31H28F4N8O3. The zero-order valence-electron chi connectivity index (χ0n) is 24.2. The Morgan fingerprint density at radius 2 is 1.85 bits per heavy atom. The van der Waals surface area contributed by atoms with Gasteiger partial charge in [0, 0.05) is 24.7 Å². The third-order valence-corrected chi connectivity index (χ3v) is 7.97. The topological polar surface area (TPSA) is 158 Å². The molecule has 1 saturated heterocycles. The number of nitrogens with zero attached hydrogens (tertiary/aromatic N) is 6. The highest BCUT2D eigenvalue weighted by Crippen LogP contribution is 2.35. The molecule has 1 aliphatic rings. The number of alkyl halides is 2. The van der Waals surface area contributed by atoms with E-state index in [2.05, 4.69) is 19.9 Å². The molecule has 15 heteroatoms. The van der Waals surface area contributed by atoms with Gasteiger partial charge in [0.05, 0.1) is 41.6 Å². The average Bonchev–Trinajstić information content (AvgIpc) is 3.46. The van der Waals surface area contributed by atoms with E-state index >= 15 is 8.78 Å². The van der Waals surface area contributed by atoms with Gasteiger partial charge in [0.15, 0.2) is 23.0 Å². The summed E-state index contributed by atoms with van der Waals surface area (Å²) in [5, 5.41) is 10.2. The Bertz CT molecular complexity index is 1910. The number of piperidine rings is 1. The summed E-state index contributed by atoms with van der Waals surface area (Å²) in [6.07, 6.45) is -0.353. The van der Waals surface area contributed by atoms with Crippen LogP contribution in [0.1, 0.15) is 28.8 Å². The molecule has 0 spiro atoms. The molecule has 0 aliphatic carbocycles. The first-order valence-electron chi connectivity index (χ1n) is 14.2. The van der Waals surface area contributed by atoms with Gasteiger partial charge in [-0.05, 0) is 42.7 Å². The molecule has 0 unspecified atom stereocenters. The molecule has 11 nitrogen and oxygen atoms in total. The minimum Gasteiger partial charge on any atom is -0.420 e. The van der Waals surface area contributed by atoms with Gasteiger partial charge in [0.1, 0.15) is 23.8 Å². The van der Waals surface area contributed by atoms with Crippen molar-refractivity contribution in [3.05, 3.63) is 90.1 Å². The summed E-state index contributed by atoms with van der Waals surface area (Å²) in [7, 11) is 0. The standard InChI is InChI=1S/C31H28F4N8O3/c32-20-11-24(46-30(45)17-5-2-1-3-6-17)21(33)10-19(20)22-9-18(13-43-16-41-25-28(36)39-15-40-29(25)43)23(12-38-22)42-8-4-7-31(37,14-42)26(44)27(34)35/h1-3,5-6,9-12,15-16,26-27,44H,4,7-8,13-14,37H2,(H2,36,39,40)/t26-,31-/m1/s1. The Morgan fingerprint density at radius 3 is 2.61 bits per heavy atom. The van der Waals surface area contributed by atoms with E-state index in [-0.39, 0.29) is 42.1 Å². The highest BCUT2D eigenvalue weighted by Gasteiger charge is 2.43. The maximum Gasteiger partial charge on any atom is 0.343 e. The number of benzene rings is 2. The second kappa shape index (κ2) is 12.3. The second-order valence-electron chi connectivity index (χ2n) is 11.1. The first-order valence-corrected chi connectivity index (χ1v) is 14.2. The molecule has 0 amide bonds. The normalized spacial score (nSPS) is 17.4. The number of hydrogen-bond acceptors (Lipinski definition) is 10. The molecule has 5 aromatic rings. The summed E-state index contributed by atoms with van der Waals surface area (Å²) >= 11 is 0. The maximum atomic E-state index is 15.5. The second-order valence-corrected chi connectivity index (χ2v) is 11.1. The minimum absolute atomic E-state index is 0.0401.